The molecule has 6 rings (SSSR count). The summed E-state index contributed by atoms with van der Waals surface area (Å²) >= 11 is 0. The van der Waals surface area contributed by atoms with Crippen molar-refractivity contribution in [1.29, 1.82) is 0 Å². The highest BCUT2D eigenvalue weighted by Gasteiger charge is 2.53. The predicted molar refractivity (Wildman–Crippen MR) is 123 cm³/mol. The Morgan fingerprint density at radius 3 is 1.91 bits per heavy atom. The summed E-state index contributed by atoms with van der Waals surface area (Å²) in [7, 11) is 0. The van der Waals surface area contributed by atoms with Crippen molar-refractivity contribution >= 4 is 0 Å². The quantitative estimate of drug-likeness (QED) is 0.344. The second kappa shape index (κ2) is 9.17. The second-order valence-electron chi connectivity index (χ2n) is 9.28. The SMILES string of the molecule is CCCCCC12COC(c3ccc(-c4ccc(-c5ccc(F)c(F)c5)c(F)c4)cc3)(OC1)OC2. The fourth-order valence-electron chi connectivity index (χ4n) is 4.67. The highest BCUT2D eigenvalue weighted by atomic mass is 19.2. The molecule has 178 valence electrons. The first-order valence-corrected chi connectivity index (χ1v) is 11.7. The summed E-state index contributed by atoms with van der Waals surface area (Å²) in [5, 5.41) is 0. The number of hydrogen-bond donors (Lipinski definition) is 0. The lowest BCUT2D eigenvalue weighted by Crippen LogP contribution is -2.58. The number of benzene rings is 3. The van der Waals surface area contributed by atoms with E-state index in [-0.39, 0.29) is 16.5 Å². The Balaban J connectivity index is 1.31. The first kappa shape index (κ1) is 23.1. The van der Waals surface area contributed by atoms with Crippen molar-refractivity contribution in [3.63, 3.8) is 0 Å². The van der Waals surface area contributed by atoms with Crippen LogP contribution in [0.4, 0.5) is 13.2 Å². The molecule has 0 N–H and O–H groups in total. The van der Waals surface area contributed by atoms with E-state index < -0.39 is 23.4 Å². The molecule has 3 aliphatic heterocycles. The van der Waals surface area contributed by atoms with Crippen LogP contribution in [0, 0.1) is 22.9 Å². The topological polar surface area (TPSA) is 27.7 Å². The number of unbranched alkanes of at least 4 members (excludes halogenated alkanes) is 2. The zero-order valence-corrected chi connectivity index (χ0v) is 19.1. The minimum Gasteiger partial charge on any atom is -0.323 e. The Morgan fingerprint density at radius 1 is 0.676 bits per heavy atom. The molecular formula is C28H27F3O3. The maximum absolute atomic E-state index is 14.8. The first-order valence-electron chi connectivity index (χ1n) is 11.7. The van der Waals surface area contributed by atoms with Gasteiger partial charge in [0.1, 0.15) is 5.82 Å². The Hall–Kier alpha value is -2.67. The number of rotatable bonds is 7. The molecule has 3 aromatic carbocycles. The van der Waals surface area contributed by atoms with Crippen LogP contribution in [-0.4, -0.2) is 19.8 Å². The molecule has 3 aromatic rings. The Labute approximate surface area is 197 Å². The van der Waals surface area contributed by atoms with Crippen LogP contribution in [0.3, 0.4) is 0 Å². The fraction of sp³-hybridized carbons (Fsp3) is 0.357. The van der Waals surface area contributed by atoms with Crippen molar-refractivity contribution in [2.45, 2.75) is 38.6 Å². The van der Waals surface area contributed by atoms with Gasteiger partial charge in [0.25, 0.3) is 0 Å². The number of halogens is 3. The van der Waals surface area contributed by atoms with E-state index in [9.17, 15) is 13.2 Å². The van der Waals surface area contributed by atoms with E-state index in [2.05, 4.69) is 6.92 Å². The van der Waals surface area contributed by atoms with E-state index in [1.165, 1.54) is 25.0 Å². The van der Waals surface area contributed by atoms with Gasteiger partial charge in [0.2, 0.25) is 0 Å². The summed E-state index contributed by atoms with van der Waals surface area (Å²) in [4.78, 5) is 0. The average molecular weight is 469 g/mol. The summed E-state index contributed by atoms with van der Waals surface area (Å²) in [5.41, 5.74) is 2.65. The molecule has 0 aromatic heterocycles. The molecule has 6 heteroatoms. The van der Waals surface area contributed by atoms with Crippen LogP contribution in [0.15, 0.2) is 60.7 Å². The molecule has 0 amide bonds. The average Bonchev–Trinajstić information content (AvgIpc) is 2.87. The summed E-state index contributed by atoms with van der Waals surface area (Å²) in [6.45, 7) is 4.01. The fourth-order valence-corrected chi connectivity index (χ4v) is 4.67. The largest absolute Gasteiger partial charge is 0.323 e. The van der Waals surface area contributed by atoms with Gasteiger partial charge in [-0.25, -0.2) is 13.2 Å². The Kier molecular flexibility index (Phi) is 6.23. The lowest BCUT2D eigenvalue weighted by Gasteiger charge is -2.52. The predicted octanol–water partition coefficient (Wildman–Crippen LogP) is 7.19. The van der Waals surface area contributed by atoms with E-state index in [1.54, 1.807) is 12.1 Å². The minimum absolute atomic E-state index is 0.0659. The summed E-state index contributed by atoms with van der Waals surface area (Å²) < 4.78 is 59.8. The van der Waals surface area contributed by atoms with Crippen molar-refractivity contribution in [2.75, 3.05) is 19.8 Å². The molecular weight excluding hydrogens is 441 g/mol. The number of ether oxygens (including phenoxy) is 3. The maximum Gasteiger partial charge on any atom is 0.312 e. The van der Waals surface area contributed by atoms with Crippen molar-refractivity contribution < 1.29 is 27.4 Å². The molecule has 0 unspecified atom stereocenters. The molecule has 3 fully saturated rings. The smallest absolute Gasteiger partial charge is 0.312 e. The molecule has 3 heterocycles. The lowest BCUT2D eigenvalue weighted by atomic mass is 9.82. The number of fused-ring (bicyclic) bond motifs is 3. The third-order valence-corrected chi connectivity index (χ3v) is 6.79. The Morgan fingerprint density at radius 2 is 1.29 bits per heavy atom. The van der Waals surface area contributed by atoms with Gasteiger partial charge in [-0.15, -0.1) is 0 Å². The molecule has 0 aliphatic carbocycles. The van der Waals surface area contributed by atoms with Gasteiger partial charge in [0.15, 0.2) is 11.6 Å². The molecule has 0 spiro atoms. The van der Waals surface area contributed by atoms with Gasteiger partial charge >= 0.3 is 5.97 Å². The lowest BCUT2D eigenvalue weighted by molar-refractivity contribution is -0.480. The molecule has 3 saturated heterocycles. The van der Waals surface area contributed by atoms with E-state index >= 15 is 0 Å². The van der Waals surface area contributed by atoms with E-state index in [1.807, 2.05) is 24.3 Å². The van der Waals surface area contributed by atoms with Crippen LogP contribution in [0.5, 0.6) is 0 Å². The highest BCUT2D eigenvalue weighted by Crippen LogP contribution is 2.46. The second-order valence-corrected chi connectivity index (χ2v) is 9.28. The van der Waals surface area contributed by atoms with Crippen LogP contribution < -0.4 is 0 Å². The molecule has 0 atom stereocenters. The zero-order valence-electron chi connectivity index (χ0n) is 19.1. The normalized spacial score (nSPS) is 23.9. The van der Waals surface area contributed by atoms with Crippen molar-refractivity contribution in [2.24, 2.45) is 5.41 Å². The van der Waals surface area contributed by atoms with Gasteiger partial charge in [-0.05, 0) is 41.3 Å². The van der Waals surface area contributed by atoms with Gasteiger partial charge in [-0.3, -0.25) is 0 Å². The minimum atomic E-state index is -1.19. The van der Waals surface area contributed by atoms with Crippen LogP contribution >= 0.6 is 0 Å². The van der Waals surface area contributed by atoms with E-state index in [4.69, 9.17) is 14.2 Å². The summed E-state index contributed by atoms with van der Waals surface area (Å²) in [6.07, 6.45) is 4.53. The van der Waals surface area contributed by atoms with Gasteiger partial charge in [0, 0.05) is 16.5 Å². The van der Waals surface area contributed by atoms with E-state index in [0.717, 1.165) is 36.1 Å². The third-order valence-electron chi connectivity index (χ3n) is 6.79. The third kappa shape index (κ3) is 4.26. The summed E-state index contributed by atoms with van der Waals surface area (Å²) in [5.74, 6) is -3.67. The molecule has 3 aliphatic rings. The van der Waals surface area contributed by atoms with Crippen LogP contribution in [0.2, 0.25) is 0 Å². The standard InChI is InChI=1S/C28H27F3O3/c1-2-3-4-13-27-16-32-28(33-17-27,34-18-27)22-9-5-19(6-10-22)20-7-11-23(25(30)14-20)21-8-12-24(29)26(31)15-21/h5-12,14-15H,2-4,13,16-18H2,1H3. The highest BCUT2D eigenvalue weighted by molar-refractivity contribution is 5.71. The van der Waals surface area contributed by atoms with Crippen LogP contribution in [0.25, 0.3) is 22.3 Å². The molecule has 34 heavy (non-hydrogen) atoms. The van der Waals surface area contributed by atoms with Gasteiger partial charge in [-0.1, -0.05) is 68.7 Å². The van der Waals surface area contributed by atoms with Crippen LogP contribution in [-0.2, 0) is 20.2 Å². The maximum atomic E-state index is 14.8. The van der Waals surface area contributed by atoms with Crippen molar-refractivity contribution in [1.82, 2.24) is 0 Å². The van der Waals surface area contributed by atoms with Crippen LogP contribution in [0.1, 0.15) is 38.2 Å². The van der Waals surface area contributed by atoms with E-state index in [0.29, 0.717) is 25.4 Å². The molecule has 0 radical (unpaired) electrons. The van der Waals surface area contributed by atoms with Gasteiger partial charge in [0.05, 0.1) is 19.8 Å². The monoisotopic (exact) mass is 468 g/mol. The number of hydrogen-bond acceptors (Lipinski definition) is 3. The zero-order chi connectivity index (χ0) is 23.8. The molecule has 0 saturated carbocycles. The Bertz CT molecular complexity index is 1150. The van der Waals surface area contributed by atoms with Crippen molar-refractivity contribution in [3.05, 3.63) is 83.7 Å². The van der Waals surface area contributed by atoms with Gasteiger partial charge in [-0.2, -0.15) is 0 Å². The molecule has 3 nitrogen and oxygen atoms in total. The van der Waals surface area contributed by atoms with Crippen molar-refractivity contribution in [3.8, 4) is 22.3 Å². The van der Waals surface area contributed by atoms with Gasteiger partial charge < -0.3 is 14.2 Å². The summed E-state index contributed by atoms with van der Waals surface area (Å²) in [6, 6.07) is 15.5. The molecule has 2 bridgehead atoms. The first-order chi connectivity index (χ1) is 16.4.